The molecule has 2 N–H and O–H groups in total. The van der Waals surface area contributed by atoms with Crippen LogP contribution in [-0.4, -0.2) is 23.0 Å². The highest BCUT2D eigenvalue weighted by Crippen LogP contribution is 2.25. The normalized spacial score (nSPS) is 22.1. The first-order valence-corrected chi connectivity index (χ1v) is 6.88. The fraction of sp³-hybridized carbons (Fsp3) is 0.375. The van der Waals surface area contributed by atoms with Crippen LogP contribution in [0.1, 0.15) is 42.1 Å². The number of hydrogen-bond acceptors (Lipinski definition) is 2. The van der Waals surface area contributed by atoms with Crippen molar-refractivity contribution in [1.29, 1.82) is 0 Å². The summed E-state index contributed by atoms with van der Waals surface area (Å²) in [7, 11) is 0. The molecule has 0 bridgehead atoms. The molecule has 1 aliphatic rings. The fourth-order valence-corrected chi connectivity index (χ4v) is 2.56. The van der Waals surface area contributed by atoms with Gasteiger partial charge in [0.25, 0.3) is 5.91 Å². The minimum Gasteiger partial charge on any atom is -0.478 e. The molecule has 1 aromatic carbocycles. The molecule has 4 nitrogen and oxygen atoms in total. The maximum Gasteiger partial charge on any atom is 0.328 e. The van der Waals surface area contributed by atoms with Crippen LogP contribution in [0.2, 0.25) is 0 Å². The number of benzene rings is 1. The summed E-state index contributed by atoms with van der Waals surface area (Å²) in [6, 6.07) is 7.23. The maximum absolute atomic E-state index is 12.2. The average molecular weight is 273 g/mol. The van der Waals surface area contributed by atoms with Crippen molar-refractivity contribution in [1.82, 2.24) is 5.32 Å². The van der Waals surface area contributed by atoms with E-state index in [0.29, 0.717) is 17.0 Å². The Kier molecular flexibility index (Phi) is 4.56. The number of carboxylic acid groups (broad SMARTS) is 1. The number of nitrogens with one attached hydrogen (secondary N) is 1. The van der Waals surface area contributed by atoms with Gasteiger partial charge in [-0.3, -0.25) is 4.79 Å². The van der Waals surface area contributed by atoms with Gasteiger partial charge in [-0.05, 0) is 42.5 Å². The number of amides is 1. The van der Waals surface area contributed by atoms with E-state index in [4.69, 9.17) is 5.11 Å². The molecule has 2 rings (SSSR count). The van der Waals surface area contributed by atoms with E-state index in [1.54, 1.807) is 24.3 Å². The van der Waals surface area contributed by atoms with E-state index in [9.17, 15) is 9.59 Å². The molecule has 1 saturated carbocycles. The molecular weight excluding hydrogens is 254 g/mol. The Bertz CT molecular complexity index is 536. The van der Waals surface area contributed by atoms with E-state index in [0.717, 1.165) is 25.3 Å². The average Bonchev–Trinajstić information content (AvgIpc) is 2.82. The Morgan fingerprint density at radius 2 is 2.15 bits per heavy atom. The van der Waals surface area contributed by atoms with Crippen molar-refractivity contribution >= 4 is 18.0 Å². The summed E-state index contributed by atoms with van der Waals surface area (Å²) >= 11 is 0. The summed E-state index contributed by atoms with van der Waals surface area (Å²) in [4.78, 5) is 22.7. The van der Waals surface area contributed by atoms with Crippen molar-refractivity contribution in [2.24, 2.45) is 5.92 Å². The van der Waals surface area contributed by atoms with Crippen molar-refractivity contribution in [3.05, 3.63) is 41.5 Å². The second-order valence-corrected chi connectivity index (χ2v) is 5.29. The van der Waals surface area contributed by atoms with Gasteiger partial charge in [0.15, 0.2) is 0 Å². The quantitative estimate of drug-likeness (QED) is 0.829. The lowest BCUT2D eigenvalue weighted by Gasteiger charge is -2.17. The van der Waals surface area contributed by atoms with Crippen LogP contribution in [0.3, 0.4) is 0 Å². The molecule has 0 aliphatic heterocycles. The van der Waals surface area contributed by atoms with Crippen molar-refractivity contribution in [3.8, 4) is 0 Å². The summed E-state index contributed by atoms with van der Waals surface area (Å²) in [5.74, 6) is -0.567. The Hall–Kier alpha value is -2.10. The molecule has 20 heavy (non-hydrogen) atoms. The fourth-order valence-electron chi connectivity index (χ4n) is 2.56. The number of rotatable bonds is 4. The Labute approximate surface area is 118 Å². The lowest BCUT2D eigenvalue weighted by molar-refractivity contribution is -0.131. The van der Waals surface area contributed by atoms with Crippen molar-refractivity contribution in [2.75, 3.05) is 0 Å². The van der Waals surface area contributed by atoms with Gasteiger partial charge in [-0.25, -0.2) is 4.79 Å². The molecule has 106 valence electrons. The van der Waals surface area contributed by atoms with E-state index in [1.807, 2.05) is 0 Å². The second kappa shape index (κ2) is 6.37. The number of carboxylic acids is 1. The van der Waals surface area contributed by atoms with E-state index in [-0.39, 0.29) is 11.9 Å². The molecule has 0 aromatic heterocycles. The third kappa shape index (κ3) is 3.70. The summed E-state index contributed by atoms with van der Waals surface area (Å²) in [6.07, 6.45) is 5.90. The van der Waals surface area contributed by atoms with Gasteiger partial charge in [0, 0.05) is 17.7 Å². The lowest BCUT2D eigenvalue weighted by atomic mass is 10.1. The zero-order valence-corrected chi connectivity index (χ0v) is 11.5. The van der Waals surface area contributed by atoms with Gasteiger partial charge in [0.1, 0.15) is 0 Å². The summed E-state index contributed by atoms with van der Waals surface area (Å²) in [5.41, 5.74) is 1.27. The van der Waals surface area contributed by atoms with Crippen molar-refractivity contribution in [3.63, 3.8) is 0 Å². The molecule has 1 aromatic rings. The van der Waals surface area contributed by atoms with Gasteiger partial charge in [-0.1, -0.05) is 25.5 Å². The number of carbonyl (C=O) groups excluding carboxylic acids is 1. The number of carbonyl (C=O) groups is 2. The largest absolute Gasteiger partial charge is 0.478 e. The number of aliphatic carboxylic acids is 1. The lowest BCUT2D eigenvalue weighted by Crippen LogP contribution is -2.36. The molecule has 0 saturated heterocycles. The van der Waals surface area contributed by atoms with Gasteiger partial charge < -0.3 is 10.4 Å². The predicted molar refractivity (Wildman–Crippen MR) is 77.4 cm³/mol. The van der Waals surface area contributed by atoms with Crippen LogP contribution in [0, 0.1) is 5.92 Å². The predicted octanol–water partition coefficient (Wildman–Crippen LogP) is 2.70. The van der Waals surface area contributed by atoms with Crippen molar-refractivity contribution < 1.29 is 14.7 Å². The summed E-state index contributed by atoms with van der Waals surface area (Å²) in [6.45, 7) is 2.16. The standard InChI is InChI=1S/C16H19NO3/c1-11-4-2-7-14(11)17-16(20)13-6-3-5-12(10-13)8-9-15(18)19/h3,5-6,8-11,14H,2,4,7H2,1H3,(H,17,20)(H,18,19). The van der Waals surface area contributed by atoms with Crippen LogP contribution in [0.25, 0.3) is 6.08 Å². The first-order chi connectivity index (χ1) is 9.56. The zero-order chi connectivity index (χ0) is 14.5. The highest BCUT2D eigenvalue weighted by Gasteiger charge is 2.24. The van der Waals surface area contributed by atoms with Gasteiger partial charge >= 0.3 is 5.97 Å². The Morgan fingerprint density at radius 3 is 2.80 bits per heavy atom. The third-order valence-electron chi connectivity index (χ3n) is 3.75. The maximum atomic E-state index is 12.2. The van der Waals surface area contributed by atoms with Crippen LogP contribution in [-0.2, 0) is 4.79 Å². The van der Waals surface area contributed by atoms with Crippen LogP contribution >= 0.6 is 0 Å². The Balaban J connectivity index is 2.06. The Morgan fingerprint density at radius 1 is 1.35 bits per heavy atom. The highest BCUT2D eigenvalue weighted by atomic mass is 16.4. The topological polar surface area (TPSA) is 66.4 Å². The molecule has 0 spiro atoms. The molecular formula is C16H19NO3. The van der Waals surface area contributed by atoms with Gasteiger partial charge in [0.05, 0.1) is 0 Å². The minimum absolute atomic E-state index is 0.0886. The molecule has 1 fully saturated rings. The van der Waals surface area contributed by atoms with Crippen LogP contribution in [0.4, 0.5) is 0 Å². The summed E-state index contributed by atoms with van der Waals surface area (Å²) < 4.78 is 0. The van der Waals surface area contributed by atoms with E-state index < -0.39 is 5.97 Å². The summed E-state index contributed by atoms with van der Waals surface area (Å²) in [5, 5.41) is 11.7. The highest BCUT2D eigenvalue weighted by molar-refractivity contribution is 5.95. The first kappa shape index (κ1) is 14.3. The van der Waals surface area contributed by atoms with E-state index in [1.165, 1.54) is 6.08 Å². The second-order valence-electron chi connectivity index (χ2n) is 5.29. The smallest absolute Gasteiger partial charge is 0.328 e. The van der Waals surface area contributed by atoms with Gasteiger partial charge in [-0.2, -0.15) is 0 Å². The van der Waals surface area contributed by atoms with E-state index >= 15 is 0 Å². The van der Waals surface area contributed by atoms with Crippen LogP contribution in [0.5, 0.6) is 0 Å². The monoisotopic (exact) mass is 273 g/mol. The molecule has 4 heteroatoms. The third-order valence-corrected chi connectivity index (χ3v) is 3.75. The molecule has 0 radical (unpaired) electrons. The molecule has 0 heterocycles. The van der Waals surface area contributed by atoms with Gasteiger partial charge in [-0.15, -0.1) is 0 Å². The van der Waals surface area contributed by atoms with E-state index in [2.05, 4.69) is 12.2 Å². The van der Waals surface area contributed by atoms with Crippen LogP contribution < -0.4 is 5.32 Å². The van der Waals surface area contributed by atoms with Crippen molar-refractivity contribution in [2.45, 2.75) is 32.2 Å². The molecule has 1 amide bonds. The molecule has 2 unspecified atom stereocenters. The molecule has 1 aliphatic carbocycles. The minimum atomic E-state index is -1.00. The van der Waals surface area contributed by atoms with Crippen LogP contribution in [0.15, 0.2) is 30.3 Å². The zero-order valence-electron chi connectivity index (χ0n) is 11.5. The number of hydrogen-bond donors (Lipinski definition) is 2. The first-order valence-electron chi connectivity index (χ1n) is 6.88. The van der Waals surface area contributed by atoms with Gasteiger partial charge in [0.2, 0.25) is 0 Å². The molecule has 2 atom stereocenters. The SMILES string of the molecule is CC1CCCC1NC(=O)c1cccc(C=CC(=O)O)c1.